The maximum atomic E-state index is 13.5. The zero-order chi connectivity index (χ0) is 73.8. The number of carbonyl (C=O) groups excluding carboxylic acids is 7. The molecule has 0 aromatic heterocycles. The first-order chi connectivity index (χ1) is 48.5. The highest BCUT2D eigenvalue weighted by molar-refractivity contribution is 5.97. The summed E-state index contributed by atoms with van der Waals surface area (Å²) in [5.74, 6) is -0.224. The second-order valence-electron chi connectivity index (χ2n) is 26.4. The van der Waals surface area contributed by atoms with E-state index in [1.807, 2.05) is 6.07 Å². The first-order valence-corrected chi connectivity index (χ1v) is 36.1. The van der Waals surface area contributed by atoms with E-state index in [4.69, 9.17) is 85.3 Å². The fraction of sp³-hybridized carbons (Fsp3) is 0.819. The Morgan fingerprint density at radius 2 is 0.644 bits per heavy atom. The maximum absolute atomic E-state index is 13.5. The molecule has 1 aromatic rings. The molecule has 3 amide bonds. The lowest BCUT2D eigenvalue weighted by Gasteiger charge is -2.43. The molecule has 3 saturated heterocycles. The van der Waals surface area contributed by atoms with Gasteiger partial charge < -0.3 is 101 Å². The zero-order valence-corrected chi connectivity index (χ0v) is 62.2. The van der Waals surface area contributed by atoms with E-state index in [9.17, 15) is 33.6 Å². The van der Waals surface area contributed by atoms with E-state index >= 15 is 0 Å². The van der Waals surface area contributed by atoms with Gasteiger partial charge in [0.2, 0.25) is 17.7 Å². The van der Waals surface area contributed by atoms with Crippen LogP contribution in [0.25, 0.3) is 0 Å². The Bertz CT molecular complexity index is 2260. The molecule has 15 unspecified atom stereocenters. The van der Waals surface area contributed by atoms with Crippen molar-refractivity contribution >= 4 is 41.4 Å². The Morgan fingerprint density at radius 3 is 0.941 bits per heavy atom. The Morgan fingerprint density at radius 1 is 0.356 bits per heavy atom. The van der Waals surface area contributed by atoms with E-state index < -0.39 is 24.4 Å². The molecule has 101 heavy (non-hydrogen) atoms. The number of ketones is 1. The third-order valence-corrected chi connectivity index (χ3v) is 18.9. The largest absolute Gasteiger partial charge is 0.463 e. The highest BCUT2D eigenvalue weighted by atomic mass is 16.7. The molecule has 0 radical (unpaired) electrons. The second-order valence-corrected chi connectivity index (χ2v) is 26.4. The van der Waals surface area contributed by atoms with Gasteiger partial charge in [0.1, 0.15) is 19.8 Å². The van der Waals surface area contributed by atoms with Gasteiger partial charge in [-0.1, -0.05) is 92.6 Å². The third kappa shape index (κ3) is 36.1. The van der Waals surface area contributed by atoms with Gasteiger partial charge in [-0.3, -0.25) is 38.9 Å². The van der Waals surface area contributed by atoms with Crippen LogP contribution in [-0.2, 0) is 114 Å². The van der Waals surface area contributed by atoms with Crippen molar-refractivity contribution in [1.29, 1.82) is 0 Å². The number of rotatable bonds is 55. The molecule has 3 fully saturated rings. The Labute approximate surface area is 598 Å². The van der Waals surface area contributed by atoms with Gasteiger partial charge in [-0.15, -0.1) is 0 Å². The maximum Gasteiger partial charge on any atom is 0.302 e. The van der Waals surface area contributed by atoms with Crippen molar-refractivity contribution in [3.8, 4) is 0 Å². The van der Waals surface area contributed by atoms with E-state index in [0.29, 0.717) is 103 Å². The van der Waals surface area contributed by atoms with E-state index in [1.54, 1.807) is 24.3 Å². The van der Waals surface area contributed by atoms with Gasteiger partial charge in [0.15, 0.2) is 24.7 Å². The molecule has 29 nitrogen and oxygen atoms in total. The van der Waals surface area contributed by atoms with Crippen molar-refractivity contribution in [2.24, 2.45) is 53.3 Å². The lowest BCUT2D eigenvalue weighted by Crippen LogP contribution is -2.58. The minimum absolute atomic E-state index is 0.00127. The Balaban J connectivity index is 1.19. The van der Waals surface area contributed by atoms with Gasteiger partial charge in [-0.05, 0) is 35.5 Å². The van der Waals surface area contributed by atoms with Crippen molar-refractivity contribution in [2.45, 2.75) is 145 Å². The topological polar surface area (TPSA) is 334 Å². The van der Waals surface area contributed by atoms with Gasteiger partial charge in [0, 0.05) is 83.0 Å². The van der Waals surface area contributed by atoms with E-state index in [2.05, 4.69) is 83.6 Å². The van der Waals surface area contributed by atoms with Crippen LogP contribution in [0.1, 0.15) is 113 Å². The van der Waals surface area contributed by atoms with Crippen LogP contribution in [0.15, 0.2) is 30.3 Å². The third-order valence-electron chi connectivity index (χ3n) is 18.9. The average Bonchev–Trinajstić information content (AvgIpc) is 0.834. The normalized spacial score (nSPS) is 25.7. The molecule has 0 spiro atoms. The van der Waals surface area contributed by atoms with Crippen molar-refractivity contribution in [3.05, 3.63) is 35.9 Å². The van der Waals surface area contributed by atoms with Crippen LogP contribution in [0.2, 0.25) is 0 Å². The van der Waals surface area contributed by atoms with Gasteiger partial charge in [0.25, 0.3) is 0 Å². The van der Waals surface area contributed by atoms with Crippen LogP contribution in [0.4, 0.5) is 0 Å². The van der Waals surface area contributed by atoms with E-state index in [0.717, 1.165) is 0 Å². The molecule has 0 aliphatic carbocycles. The fourth-order valence-electron chi connectivity index (χ4n) is 11.5. The molecule has 0 saturated carbocycles. The molecule has 3 aliphatic rings. The van der Waals surface area contributed by atoms with Crippen molar-refractivity contribution < 1.29 is 119 Å². The number of carbonyl (C=O) groups is 7. The predicted molar refractivity (Wildman–Crippen MR) is 368 cm³/mol. The minimum atomic E-state index is -1.20. The molecular weight excluding hydrogens is 1320 g/mol. The number of hydrogen-bond donors (Lipinski definition) is 4. The number of ether oxygens (including phenoxy) is 18. The molecule has 580 valence electrons. The monoisotopic (exact) mass is 1440 g/mol. The van der Waals surface area contributed by atoms with Crippen molar-refractivity contribution in [1.82, 2.24) is 21.3 Å². The summed E-state index contributed by atoms with van der Waals surface area (Å²) in [6.45, 7) is 28.4. The molecule has 0 bridgehead atoms. The molecule has 1 aromatic carbocycles. The lowest BCUT2D eigenvalue weighted by molar-refractivity contribution is -0.258. The van der Waals surface area contributed by atoms with Gasteiger partial charge in [-0.25, -0.2) is 0 Å². The highest BCUT2D eigenvalue weighted by Crippen LogP contribution is 2.38. The van der Waals surface area contributed by atoms with E-state index in [1.165, 1.54) is 20.8 Å². The van der Waals surface area contributed by atoms with Gasteiger partial charge >= 0.3 is 17.9 Å². The lowest BCUT2D eigenvalue weighted by atomic mass is 9.79. The van der Waals surface area contributed by atoms with Crippen LogP contribution in [0, 0.1) is 53.3 Å². The Hall–Kier alpha value is -4.93. The van der Waals surface area contributed by atoms with Crippen LogP contribution < -0.4 is 21.3 Å². The number of benzene rings is 1. The standard InChI is InChI=1S/C72H122N4O25/c1-49-52(4)63(43-96-58(10)77)99-69(55(49)7)93-39-36-87-33-30-84-27-21-73-66(81)18-24-90-46-72(76-42-62(80)61-16-14-13-15-17-61,47-91-25-19-67(82)74-22-28-85-31-34-88-37-40-94-70-56(8)50(2)53(5)64(100-70)44-97-59(11)78)48-92-26-20-68(83)75-23-29-86-32-35-89-38-41-95-71-57(9)51(3)54(6)65(101-71)45-98-60(12)79/h13-17,49-57,63-65,69-71,76H,18-48H2,1-12H3,(H,73,81)(H,74,82)(H,75,83). The molecule has 3 heterocycles. The number of amides is 3. The predicted octanol–water partition coefficient (Wildman–Crippen LogP) is 4.50. The quantitative estimate of drug-likeness (QED) is 0.0302. The summed E-state index contributed by atoms with van der Waals surface area (Å²) in [6.07, 6.45) is -2.13. The second kappa shape index (κ2) is 51.3. The molecule has 4 N–H and O–H groups in total. The van der Waals surface area contributed by atoms with Gasteiger partial charge in [-0.2, -0.15) is 0 Å². The SMILES string of the molecule is CC(=O)OCC1OC(OCCOCCOCCNC(=O)CCOCC(COCCC(=O)NCCOCCOCCOC2OC(COC(C)=O)C(C)C(C)C2C)(COCCC(=O)NCCOCCOCCOC2OC(COC(C)=O)C(C)C(C)C2C)NCC(=O)c2ccccc2)C(C)C(C)C1C. The highest BCUT2D eigenvalue weighted by Gasteiger charge is 2.43. The molecule has 3 aliphatic heterocycles. The van der Waals surface area contributed by atoms with Gasteiger partial charge in [0.05, 0.1) is 169 Å². The average molecular weight is 1440 g/mol. The summed E-state index contributed by atoms with van der Waals surface area (Å²) >= 11 is 0. The summed E-state index contributed by atoms with van der Waals surface area (Å²) < 4.78 is 105. The summed E-state index contributed by atoms with van der Waals surface area (Å²) in [6, 6.07) is 8.75. The van der Waals surface area contributed by atoms with Crippen molar-refractivity contribution in [2.75, 3.05) is 185 Å². The molecule has 4 rings (SSSR count). The molecule has 15 atom stereocenters. The number of nitrogens with one attached hydrogen (secondary N) is 4. The number of hydrogen-bond acceptors (Lipinski definition) is 26. The smallest absolute Gasteiger partial charge is 0.302 e. The van der Waals surface area contributed by atoms with Crippen LogP contribution in [0.5, 0.6) is 0 Å². The summed E-state index contributed by atoms with van der Waals surface area (Å²) in [4.78, 5) is 86.6. The number of Topliss-reactive ketones (excluding diaryl/α,β-unsaturated/α-hetero) is 1. The molecule has 29 heteroatoms. The Kier molecular flexibility index (Phi) is 44.9. The summed E-state index contributed by atoms with van der Waals surface area (Å²) in [5.41, 5.74) is -0.723. The van der Waals surface area contributed by atoms with Crippen molar-refractivity contribution in [3.63, 3.8) is 0 Å². The minimum Gasteiger partial charge on any atom is -0.463 e. The zero-order valence-electron chi connectivity index (χ0n) is 62.2. The fourth-order valence-corrected chi connectivity index (χ4v) is 11.5. The summed E-state index contributed by atoms with van der Waals surface area (Å²) in [5, 5.41) is 11.8. The van der Waals surface area contributed by atoms with Crippen LogP contribution in [-0.4, -0.2) is 269 Å². The first-order valence-electron chi connectivity index (χ1n) is 36.1. The number of esters is 3. The first kappa shape index (κ1) is 88.5. The van der Waals surface area contributed by atoms with E-state index in [-0.39, 0.29) is 220 Å². The molecular formula is C72H122N4O25. The van der Waals surface area contributed by atoms with Crippen LogP contribution in [0.3, 0.4) is 0 Å². The summed E-state index contributed by atoms with van der Waals surface area (Å²) in [7, 11) is 0. The van der Waals surface area contributed by atoms with Crippen LogP contribution >= 0.6 is 0 Å².